The van der Waals surface area contributed by atoms with Crippen molar-refractivity contribution in [2.24, 2.45) is 11.7 Å². The highest BCUT2D eigenvalue weighted by atomic mass is 16.6. The number of likely N-dealkylation sites (N-methyl/N-ethyl adjacent to an activating group) is 2. The van der Waals surface area contributed by atoms with Gasteiger partial charge in [0.2, 0.25) is 0 Å². The van der Waals surface area contributed by atoms with E-state index in [-0.39, 0.29) is 48.3 Å². The zero-order valence-corrected chi connectivity index (χ0v) is 33.0. The summed E-state index contributed by atoms with van der Waals surface area (Å²) < 4.78 is 25.7. The first-order valence-electron chi connectivity index (χ1n) is 20.2. The smallest absolute Gasteiger partial charge is 0.302 e. The molecule has 3 aromatic rings. The third kappa shape index (κ3) is 6.47. The number of phenols is 2. The van der Waals surface area contributed by atoms with Crippen molar-refractivity contribution in [2.75, 3.05) is 34.0 Å². The summed E-state index contributed by atoms with van der Waals surface area (Å²) in [5.74, 6) is 7.87. The summed E-state index contributed by atoms with van der Waals surface area (Å²) in [6, 6.07) is 9.08. The lowest BCUT2D eigenvalue weighted by Gasteiger charge is -2.39. The highest BCUT2D eigenvalue weighted by Gasteiger charge is 2.51. The molecule has 9 rings (SSSR count). The molecule has 4 bridgehead atoms. The van der Waals surface area contributed by atoms with E-state index >= 15 is 0 Å². The van der Waals surface area contributed by atoms with E-state index in [1.807, 2.05) is 32.3 Å². The topological polar surface area (TPSA) is 177 Å². The molecular weight excluding hydrogens is 737 g/mol. The van der Waals surface area contributed by atoms with Crippen molar-refractivity contribution in [3.63, 3.8) is 0 Å². The Morgan fingerprint density at radius 2 is 1.97 bits per heavy atom. The van der Waals surface area contributed by atoms with Crippen LogP contribution in [0.2, 0.25) is 0 Å². The molecule has 1 fully saturated rings. The molecule has 4 aliphatic heterocycles. The number of fused-ring (bicyclic) bond motifs is 8. The Balaban J connectivity index is 1.32. The number of aliphatic hydroxyl groups is 1. The predicted molar refractivity (Wildman–Crippen MR) is 218 cm³/mol. The first kappa shape index (κ1) is 38.1. The monoisotopic (exact) mass is 786 g/mol. The SMILES string of the molecule is CNC[C@@H]1Oc2c(O)cc3c(c2C=C[C@@H]1NC)[C@H]1Oc2c(ccc4c2[C@]2(CC[C@@H](CC5=C(C#CC3)NC(N)C=C5)C2)Cc2cc(O)cc(OCO)c2-4)[C@@H]1COC(C)=O. The van der Waals surface area contributed by atoms with Crippen molar-refractivity contribution in [1.82, 2.24) is 16.0 Å². The fraction of sp³-hybridized carbons (Fsp3) is 0.413. The lowest BCUT2D eigenvalue weighted by atomic mass is 9.65. The van der Waals surface area contributed by atoms with Crippen LogP contribution in [0.25, 0.3) is 17.2 Å². The molecule has 12 heteroatoms. The third-order valence-electron chi connectivity index (χ3n) is 12.8. The van der Waals surface area contributed by atoms with Gasteiger partial charge in [0, 0.05) is 59.2 Å². The van der Waals surface area contributed by atoms with Gasteiger partial charge in [-0.1, -0.05) is 36.3 Å². The van der Waals surface area contributed by atoms with Crippen molar-refractivity contribution in [1.29, 1.82) is 0 Å². The number of ether oxygens (including phenoxy) is 4. The Labute approximate surface area is 338 Å². The number of aliphatic hydroxyl groups excluding tert-OH is 1. The second-order valence-corrected chi connectivity index (χ2v) is 16.4. The first-order valence-corrected chi connectivity index (χ1v) is 20.2. The number of nitrogens with one attached hydrogen (secondary N) is 3. The number of hydrogen-bond acceptors (Lipinski definition) is 12. The Bertz CT molecular complexity index is 2340. The van der Waals surface area contributed by atoms with Gasteiger partial charge in [0.1, 0.15) is 36.1 Å². The summed E-state index contributed by atoms with van der Waals surface area (Å²) in [6.07, 6.45) is 11.1. The number of benzene rings is 3. The highest BCUT2D eigenvalue weighted by Crippen LogP contribution is 2.63. The van der Waals surface area contributed by atoms with Crippen molar-refractivity contribution < 1.29 is 39.1 Å². The molecule has 302 valence electrons. The largest absolute Gasteiger partial charge is 0.508 e. The van der Waals surface area contributed by atoms with Gasteiger partial charge in [-0.3, -0.25) is 4.79 Å². The molecule has 1 unspecified atom stereocenters. The number of allylic oxidation sites excluding steroid dienone is 3. The fourth-order valence-electron chi connectivity index (χ4n) is 10.5. The number of esters is 1. The van der Waals surface area contributed by atoms with Crippen LogP contribution in [0.5, 0.6) is 28.7 Å². The number of hydrogen-bond donors (Lipinski definition) is 7. The predicted octanol–water partition coefficient (Wildman–Crippen LogP) is 4.70. The average Bonchev–Trinajstić information content (AvgIpc) is 3.69. The minimum Gasteiger partial charge on any atom is -0.508 e. The second-order valence-electron chi connectivity index (χ2n) is 16.4. The van der Waals surface area contributed by atoms with Gasteiger partial charge < -0.3 is 56.0 Å². The van der Waals surface area contributed by atoms with Gasteiger partial charge in [0.25, 0.3) is 0 Å². The molecule has 8 N–H and O–H groups in total. The molecule has 6 aliphatic rings. The molecular formula is C46H50N4O8. The summed E-state index contributed by atoms with van der Waals surface area (Å²) in [6.45, 7) is 1.44. The number of aromatic hydroxyl groups is 2. The number of carbonyl (C=O) groups is 1. The summed E-state index contributed by atoms with van der Waals surface area (Å²) in [7, 11) is 3.74. The number of dihydropyridines is 1. The normalized spacial score (nSPS) is 27.1. The van der Waals surface area contributed by atoms with Gasteiger partial charge in [-0.2, -0.15) is 0 Å². The van der Waals surface area contributed by atoms with E-state index < -0.39 is 24.8 Å². The zero-order valence-electron chi connectivity index (χ0n) is 33.0. The molecule has 2 aliphatic carbocycles. The quantitative estimate of drug-likeness (QED) is 0.100. The van der Waals surface area contributed by atoms with Crippen molar-refractivity contribution >= 4 is 12.0 Å². The Kier molecular flexibility index (Phi) is 9.88. The minimum absolute atomic E-state index is 0.00594. The van der Waals surface area contributed by atoms with Crippen LogP contribution in [0.4, 0.5) is 0 Å². The maximum absolute atomic E-state index is 12.5. The van der Waals surface area contributed by atoms with Crippen molar-refractivity contribution in [2.45, 2.75) is 81.2 Å². The summed E-state index contributed by atoms with van der Waals surface area (Å²) >= 11 is 0. The number of nitrogens with two attached hydrogens (primary N) is 1. The van der Waals surface area contributed by atoms with E-state index in [1.54, 1.807) is 12.1 Å². The van der Waals surface area contributed by atoms with E-state index in [2.05, 4.69) is 52.1 Å². The van der Waals surface area contributed by atoms with E-state index in [0.29, 0.717) is 35.9 Å². The van der Waals surface area contributed by atoms with Gasteiger partial charge in [0.15, 0.2) is 18.3 Å². The van der Waals surface area contributed by atoms with Crippen LogP contribution in [0.15, 0.2) is 59.8 Å². The zero-order chi connectivity index (χ0) is 40.3. The van der Waals surface area contributed by atoms with E-state index in [1.165, 1.54) is 6.92 Å². The Hall–Kier alpha value is -5.45. The molecule has 0 saturated heterocycles. The van der Waals surface area contributed by atoms with Gasteiger partial charge >= 0.3 is 5.97 Å². The fourth-order valence-corrected chi connectivity index (χ4v) is 10.5. The van der Waals surface area contributed by atoms with Gasteiger partial charge in [-0.25, -0.2) is 0 Å². The van der Waals surface area contributed by atoms with Crippen LogP contribution in [0, 0.1) is 17.8 Å². The Morgan fingerprint density at radius 1 is 1.10 bits per heavy atom. The van der Waals surface area contributed by atoms with Gasteiger partial charge in [0.05, 0.1) is 23.8 Å². The molecule has 12 nitrogen and oxygen atoms in total. The molecule has 3 aromatic carbocycles. The molecule has 7 atom stereocenters. The van der Waals surface area contributed by atoms with Crippen LogP contribution in [-0.2, 0) is 27.8 Å². The Morgan fingerprint density at radius 3 is 2.76 bits per heavy atom. The maximum Gasteiger partial charge on any atom is 0.302 e. The summed E-state index contributed by atoms with van der Waals surface area (Å²) in [5.41, 5.74) is 14.8. The van der Waals surface area contributed by atoms with E-state index in [4.69, 9.17) is 24.7 Å². The van der Waals surface area contributed by atoms with Crippen LogP contribution >= 0.6 is 0 Å². The van der Waals surface area contributed by atoms with Crippen LogP contribution in [-0.4, -0.2) is 73.6 Å². The summed E-state index contributed by atoms with van der Waals surface area (Å²) in [5, 5.41) is 42.6. The minimum atomic E-state index is -0.665. The van der Waals surface area contributed by atoms with Gasteiger partial charge in [-0.05, 0) is 98.5 Å². The van der Waals surface area contributed by atoms with Gasteiger partial charge in [-0.15, -0.1) is 0 Å². The number of rotatable bonds is 7. The molecule has 0 amide bonds. The highest BCUT2D eigenvalue weighted by molar-refractivity contribution is 5.84. The molecule has 4 heterocycles. The second kappa shape index (κ2) is 15.1. The maximum atomic E-state index is 12.5. The molecule has 1 spiro atoms. The molecule has 0 radical (unpaired) electrons. The standard InChI is InChI=1S/C46H50N4O8/c1-24(52)55-22-33-30-8-9-31-40-28(16-29(53)18-37(40)56-23-51)20-46-14-13-25(19-46)15-26-7-12-39(47)50-34(26)6-4-5-27-17-36(54)43-32(41(27)44(33)58-45(30)42(31)46)10-11-35(49-3)38(57-43)21-48-2/h7-12,16-18,25,33,35,38-39,44,48-51,53-54H,5,13-15,19-23,47H2,1-3H3/t25-,33-,35-,38-,39?,44-,46-/m0/s1. The number of carbonyl (C=O) groups excluding carboxylic acids is 1. The lowest BCUT2D eigenvalue weighted by Crippen LogP contribution is -2.44. The van der Waals surface area contributed by atoms with Crippen LogP contribution < -0.4 is 35.9 Å². The first-order chi connectivity index (χ1) is 28.1. The van der Waals surface area contributed by atoms with E-state index in [0.717, 1.165) is 81.6 Å². The van der Waals surface area contributed by atoms with Crippen molar-refractivity contribution in [3.05, 3.63) is 93.2 Å². The van der Waals surface area contributed by atoms with E-state index in [9.17, 15) is 20.1 Å². The van der Waals surface area contributed by atoms with Crippen molar-refractivity contribution in [3.8, 4) is 51.7 Å². The molecule has 58 heavy (non-hydrogen) atoms. The molecule has 1 saturated carbocycles. The van der Waals surface area contributed by atoms with Crippen LogP contribution in [0.3, 0.4) is 0 Å². The summed E-state index contributed by atoms with van der Waals surface area (Å²) in [4.78, 5) is 12.5. The molecule has 0 aromatic heterocycles. The van der Waals surface area contributed by atoms with Crippen LogP contribution in [0.1, 0.15) is 78.0 Å². The third-order valence-corrected chi connectivity index (χ3v) is 12.8. The average molecular weight is 787 g/mol. The lowest BCUT2D eigenvalue weighted by molar-refractivity contribution is -0.141. The number of phenolic OH excluding ortho intramolecular Hbond substituents is 2.